The van der Waals surface area contributed by atoms with Crippen LogP contribution in [-0.2, 0) is 4.74 Å². The Morgan fingerprint density at radius 2 is 1.54 bits per heavy atom. The number of benzene rings is 2. The first-order chi connectivity index (χ1) is 16.6. The average molecular weight is 478 g/mol. The summed E-state index contributed by atoms with van der Waals surface area (Å²) in [7, 11) is 0. The topological polar surface area (TPSA) is 61.9 Å². The van der Waals surface area contributed by atoms with E-state index in [-0.39, 0.29) is 18.0 Å². The van der Waals surface area contributed by atoms with Gasteiger partial charge in [0.2, 0.25) is 0 Å². The van der Waals surface area contributed by atoms with E-state index in [2.05, 4.69) is 27.2 Å². The van der Waals surface area contributed by atoms with Gasteiger partial charge in [-0.15, -0.1) is 0 Å². The van der Waals surface area contributed by atoms with Crippen LogP contribution in [0.25, 0.3) is 0 Å². The minimum Gasteiger partial charge on any atom is -0.444 e. The van der Waals surface area contributed by atoms with Crippen LogP contribution in [0.4, 0.5) is 4.79 Å². The van der Waals surface area contributed by atoms with Crippen LogP contribution < -0.4 is 5.32 Å². The predicted octanol–water partition coefficient (Wildman–Crippen LogP) is 4.96. The average Bonchev–Trinajstić information content (AvgIpc) is 3.35. The number of alkyl carbamates (subject to hydrolysis) is 1. The normalized spacial score (nSPS) is 21.0. The molecule has 0 aliphatic carbocycles. The van der Waals surface area contributed by atoms with Crippen molar-refractivity contribution in [2.45, 2.75) is 52.7 Å². The molecule has 0 aromatic heterocycles. The molecule has 2 heterocycles. The lowest BCUT2D eigenvalue weighted by Gasteiger charge is -2.26. The molecule has 2 amide bonds. The fourth-order valence-corrected chi connectivity index (χ4v) is 5.52. The molecule has 2 fully saturated rings. The van der Waals surface area contributed by atoms with Crippen molar-refractivity contribution in [2.24, 2.45) is 11.8 Å². The molecule has 0 spiro atoms. The third-order valence-electron chi connectivity index (χ3n) is 7.17. The van der Waals surface area contributed by atoms with Gasteiger partial charge >= 0.3 is 6.09 Å². The summed E-state index contributed by atoms with van der Waals surface area (Å²) >= 11 is 0. The monoisotopic (exact) mass is 477 g/mol. The molecule has 6 heteroatoms. The van der Waals surface area contributed by atoms with E-state index in [9.17, 15) is 9.59 Å². The van der Waals surface area contributed by atoms with Crippen molar-refractivity contribution in [1.82, 2.24) is 15.1 Å². The maximum atomic E-state index is 13.2. The fraction of sp³-hybridized carbons (Fsp3) is 0.517. The molecule has 2 aromatic rings. The van der Waals surface area contributed by atoms with E-state index < -0.39 is 5.60 Å². The second-order valence-electron chi connectivity index (χ2n) is 11.2. The zero-order valence-electron chi connectivity index (χ0n) is 21.7. The summed E-state index contributed by atoms with van der Waals surface area (Å²) in [6.45, 7) is 14.2. The van der Waals surface area contributed by atoms with Crippen LogP contribution in [0.3, 0.4) is 0 Å². The summed E-state index contributed by atoms with van der Waals surface area (Å²) < 4.78 is 5.51. The summed E-state index contributed by atoms with van der Waals surface area (Å²) in [6.07, 6.45) is 0.429. The van der Waals surface area contributed by atoms with Crippen molar-refractivity contribution in [1.29, 1.82) is 0 Å². The third kappa shape index (κ3) is 6.23. The van der Waals surface area contributed by atoms with Gasteiger partial charge in [-0.2, -0.15) is 0 Å². The van der Waals surface area contributed by atoms with E-state index in [0.717, 1.165) is 61.4 Å². The number of nitrogens with one attached hydrogen (secondary N) is 1. The zero-order chi connectivity index (χ0) is 25.2. The number of fused-ring (bicyclic) bond motifs is 1. The number of hydrogen-bond acceptors (Lipinski definition) is 4. The Kier molecular flexibility index (Phi) is 7.50. The molecule has 188 valence electrons. The minimum absolute atomic E-state index is 0.103. The van der Waals surface area contributed by atoms with E-state index >= 15 is 0 Å². The molecule has 2 saturated heterocycles. The Morgan fingerprint density at radius 1 is 0.943 bits per heavy atom. The van der Waals surface area contributed by atoms with Gasteiger partial charge in [-0.1, -0.05) is 48.5 Å². The van der Waals surface area contributed by atoms with E-state index in [4.69, 9.17) is 4.74 Å². The molecular weight excluding hydrogens is 438 g/mol. The molecule has 0 saturated carbocycles. The molecule has 2 aliphatic heterocycles. The number of amides is 2. The smallest absolute Gasteiger partial charge is 0.408 e. The number of likely N-dealkylation sites (tertiary alicyclic amines) is 2. The van der Waals surface area contributed by atoms with Crippen LogP contribution in [0.5, 0.6) is 0 Å². The highest BCUT2D eigenvalue weighted by molar-refractivity contribution is 5.97. The van der Waals surface area contributed by atoms with Gasteiger partial charge in [0, 0.05) is 38.3 Å². The molecule has 0 radical (unpaired) electrons. The summed E-state index contributed by atoms with van der Waals surface area (Å²) in [4.78, 5) is 30.3. The summed E-state index contributed by atoms with van der Waals surface area (Å²) in [5, 5.41) is 3.07. The van der Waals surface area contributed by atoms with Gasteiger partial charge < -0.3 is 19.9 Å². The summed E-state index contributed by atoms with van der Waals surface area (Å²) in [5.74, 6) is 1.20. The Morgan fingerprint density at radius 3 is 2.11 bits per heavy atom. The van der Waals surface area contributed by atoms with Crippen LogP contribution >= 0.6 is 0 Å². The van der Waals surface area contributed by atoms with Crippen LogP contribution in [0.2, 0.25) is 0 Å². The van der Waals surface area contributed by atoms with Crippen LogP contribution in [-0.4, -0.2) is 60.1 Å². The van der Waals surface area contributed by atoms with Gasteiger partial charge in [0.1, 0.15) is 5.60 Å². The largest absolute Gasteiger partial charge is 0.444 e. The van der Waals surface area contributed by atoms with Gasteiger partial charge in [0.05, 0.1) is 6.04 Å². The number of ether oxygens (including phenoxy) is 1. The lowest BCUT2D eigenvalue weighted by atomic mass is 10.0. The number of carbonyl (C=O) groups excluding carboxylic acids is 2. The second kappa shape index (κ2) is 10.4. The zero-order valence-corrected chi connectivity index (χ0v) is 21.7. The molecule has 2 aliphatic rings. The molecule has 2 aromatic carbocycles. The lowest BCUT2D eigenvalue weighted by Crippen LogP contribution is -2.37. The van der Waals surface area contributed by atoms with Gasteiger partial charge in [-0.3, -0.25) is 4.79 Å². The summed E-state index contributed by atoms with van der Waals surface area (Å²) in [5.41, 5.74) is 3.53. The Balaban J connectivity index is 1.33. The van der Waals surface area contributed by atoms with Crippen LogP contribution in [0.1, 0.15) is 60.3 Å². The Bertz CT molecular complexity index is 1010. The highest BCUT2D eigenvalue weighted by atomic mass is 16.6. The molecule has 2 unspecified atom stereocenters. The Hall–Kier alpha value is -2.86. The van der Waals surface area contributed by atoms with Gasteiger partial charge in [-0.05, 0) is 69.6 Å². The second-order valence-corrected chi connectivity index (χ2v) is 11.2. The first-order valence-electron chi connectivity index (χ1n) is 12.7. The molecule has 0 bridgehead atoms. The van der Waals surface area contributed by atoms with Crippen LogP contribution in [0, 0.1) is 25.7 Å². The van der Waals surface area contributed by atoms with E-state index in [1.165, 1.54) is 0 Å². The van der Waals surface area contributed by atoms with E-state index in [1.807, 2.05) is 71.0 Å². The Labute approximate surface area is 209 Å². The van der Waals surface area contributed by atoms with E-state index in [1.54, 1.807) is 0 Å². The highest BCUT2D eigenvalue weighted by Gasteiger charge is 2.42. The van der Waals surface area contributed by atoms with Crippen molar-refractivity contribution in [3.05, 3.63) is 70.8 Å². The SMILES string of the molecule is Cc1cccc(C)c1C(=O)N1CC2CN(CC[C@H](NC(=O)OC(C)(C)C)c3ccccc3)CC2C1. The number of hydrogen-bond donors (Lipinski definition) is 1. The molecule has 35 heavy (non-hydrogen) atoms. The van der Waals surface area contributed by atoms with Crippen molar-refractivity contribution in [3.63, 3.8) is 0 Å². The number of rotatable bonds is 6. The van der Waals surface area contributed by atoms with Crippen molar-refractivity contribution >= 4 is 12.0 Å². The van der Waals surface area contributed by atoms with Gasteiger partial charge in [0.25, 0.3) is 5.91 Å². The predicted molar refractivity (Wildman–Crippen MR) is 138 cm³/mol. The van der Waals surface area contributed by atoms with E-state index in [0.29, 0.717) is 11.8 Å². The summed E-state index contributed by atoms with van der Waals surface area (Å²) in [6, 6.07) is 16.0. The highest BCUT2D eigenvalue weighted by Crippen LogP contribution is 2.33. The van der Waals surface area contributed by atoms with Gasteiger partial charge in [0.15, 0.2) is 0 Å². The minimum atomic E-state index is -0.530. The quantitative estimate of drug-likeness (QED) is 0.639. The van der Waals surface area contributed by atoms with Crippen molar-refractivity contribution < 1.29 is 14.3 Å². The van der Waals surface area contributed by atoms with Gasteiger partial charge in [-0.25, -0.2) is 4.79 Å². The standard InChI is InChI=1S/C29H39N3O3/c1-20-10-9-11-21(2)26(20)27(33)32-18-23-16-31(17-24(23)19-32)15-14-25(22-12-7-6-8-13-22)30-28(34)35-29(3,4)5/h6-13,23-25H,14-19H2,1-5H3,(H,30,34)/t23?,24?,25-/m0/s1. The first kappa shape index (κ1) is 25.2. The van der Waals surface area contributed by atoms with Crippen molar-refractivity contribution in [3.8, 4) is 0 Å². The molecule has 1 N–H and O–H groups in total. The molecule has 4 rings (SSSR count). The third-order valence-corrected chi connectivity index (χ3v) is 7.17. The maximum Gasteiger partial charge on any atom is 0.408 e. The molecular formula is C29H39N3O3. The first-order valence-corrected chi connectivity index (χ1v) is 12.7. The molecule has 6 nitrogen and oxygen atoms in total. The lowest BCUT2D eigenvalue weighted by molar-refractivity contribution is 0.0498. The van der Waals surface area contributed by atoms with Crippen molar-refractivity contribution in [2.75, 3.05) is 32.7 Å². The number of nitrogens with zero attached hydrogens (tertiary/aromatic N) is 2. The fourth-order valence-electron chi connectivity index (χ4n) is 5.52. The number of carbonyl (C=O) groups is 2. The maximum absolute atomic E-state index is 13.2. The molecule has 3 atom stereocenters. The van der Waals surface area contributed by atoms with Crippen LogP contribution in [0.15, 0.2) is 48.5 Å². The number of aryl methyl sites for hydroxylation is 2.